The average molecular weight is 710 g/mol. The Balaban J connectivity index is 1.38. The molecule has 1 saturated heterocycles. The molecular formula is C33H39N7O7S2. The van der Waals surface area contributed by atoms with Crippen molar-refractivity contribution in [3.05, 3.63) is 51.9 Å². The molecule has 49 heavy (non-hydrogen) atoms. The molecule has 1 aliphatic carbocycles. The van der Waals surface area contributed by atoms with Crippen LogP contribution >= 0.6 is 22.7 Å². The predicted molar refractivity (Wildman–Crippen MR) is 182 cm³/mol. The molecule has 5 heterocycles. The van der Waals surface area contributed by atoms with Crippen LogP contribution in [0.3, 0.4) is 0 Å². The molecule has 5 atom stereocenters. The molecule has 0 aromatic carbocycles. The number of thiazole rings is 2. The lowest BCUT2D eigenvalue weighted by Crippen LogP contribution is -2.56. The summed E-state index contributed by atoms with van der Waals surface area (Å²) in [6.07, 6.45) is 11.2. The summed E-state index contributed by atoms with van der Waals surface area (Å²) in [7, 11) is 0. The van der Waals surface area contributed by atoms with E-state index in [0.717, 1.165) is 19.3 Å². The van der Waals surface area contributed by atoms with Gasteiger partial charge in [-0.25, -0.2) is 24.2 Å². The molecule has 14 nitrogen and oxygen atoms in total. The van der Waals surface area contributed by atoms with Gasteiger partial charge in [-0.1, -0.05) is 25.0 Å². The van der Waals surface area contributed by atoms with E-state index in [4.69, 9.17) is 4.74 Å². The van der Waals surface area contributed by atoms with Crippen LogP contribution in [-0.4, -0.2) is 83.4 Å². The van der Waals surface area contributed by atoms with Crippen LogP contribution in [0.4, 0.5) is 4.79 Å². The minimum absolute atomic E-state index is 0.00620. The van der Waals surface area contributed by atoms with E-state index >= 15 is 0 Å². The van der Waals surface area contributed by atoms with Crippen molar-refractivity contribution in [3.8, 4) is 21.1 Å². The highest BCUT2D eigenvalue weighted by Crippen LogP contribution is 2.45. The van der Waals surface area contributed by atoms with Crippen molar-refractivity contribution in [1.82, 2.24) is 35.3 Å². The van der Waals surface area contributed by atoms with Gasteiger partial charge in [-0.15, -0.1) is 22.7 Å². The van der Waals surface area contributed by atoms with Gasteiger partial charge in [0.05, 0.1) is 17.8 Å². The molecule has 0 bridgehead atoms. The molecule has 0 unspecified atom stereocenters. The number of carbonyl (C=O) groups is 4. The number of nitrogens with one attached hydrogen (secondary N) is 2. The van der Waals surface area contributed by atoms with Gasteiger partial charge >= 0.3 is 12.1 Å². The van der Waals surface area contributed by atoms with Crippen molar-refractivity contribution in [2.45, 2.75) is 95.0 Å². The summed E-state index contributed by atoms with van der Waals surface area (Å²) in [6.45, 7) is 5.08. The first-order chi connectivity index (χ1) is 23.4. The van der Waals surface area contributed by atoms with E-state index in [-0.39, 0.29) is 25.3 Å². The van der Waals surface area contributed by atoms with Crippen LogP contribution in [0.1, 0.15) is 71.8 Å². The first kappa shape index (κ1) is 34.4. The third kappa shape index (κ3) is 7.29. The molecule has 2 fully saturated rings. The lowest BCUT2D eigenvalue weighted by molar-refractivity contribution is -0.145. The number of carbonyl (C=O) groups excluding carboxylic acids is 3. The van der Waals surface area contributed by atoms with E-state index in [1.807, 2.05) is 12.2 Å². The molecule has 1 saturated carbocycles. The van der Waals surface area contributed by atoms with Crippen LogP contribution in [-0.2, 0) is 19.1 Å². The van der Waals surface area contributed by atoms with Gasteiger partial charge in [0.2, 0.25) is 11.8 Å². The van der Waals surface area contributed by atoms with Crippen LogP contribution in [0.2, 0.25) is 0 Å². The van der Waals surface area contributed by atoms with Gasteiger partial charge in [-0.05, 0) is 46.5 Å². The molecule has 3 aromatic heterocycles. The standard InChI is InChI=1S/C33H39N7O7S2/c1-32(2,3)47-31(46)37-22-10-8-6-4-5-7-9-19-16-33(19,30(44)45)38-25(41)23-15-20(18-39(23)28(22)42)40-29(43)24(27-35-12-14-49-27)21(17-36-40)26-34-11-13-48-26/h7,9,11-14,17,19-20,22-23H,4-6,8,10,15-16,18H2,1-3H3,(H,37,46)(H,38,41)(H,44,45)/b9-7-/t19-,20-,22+,23+,33-/m1/s1. The quantitative estimate of drug-likeness (QED) is 0.327. The summed E-state index contributed by atoms with van der Waals surface area (Å²) < 4.78 is 6.73. The second-order valence-electron chi connectivity index (χ2n) is 13.6. The number of hydrogen-bond donors (Lipinski definition) is 3. The second kappa shape index (κ2) is 13.8. The van der Waals surface area contributed by atoms with E-state index in [1.165, 1.54) is 32.3 Å². The average Bonchev–Trinajstić information content (AvgIpc) is 3.56. The highest BCUT2D eigenvalue weighted by Gasteiger charge is 2.61. The minimum atomic E-state index is -1.49. The highest BCUT2D eigenvalue weighted by atomic mass is 32.1. The summed E-state index contributed by atoms with van der Waals surface area (Å²) in [6, 6.07) is -2.90. The Hall–Kier alpha value is -4.44. The third-order valence-corrected chi connectivity index (χ3v) is 10.6. The third-order valence-electron chi connectivity index (χ3n) is 8.99. The lowest BCUT2D eigenvalue weighted by Gasteiger charge is -2.30. The highest BCUT2D eigenvalue weighted by molar-refractivity contribution is 7.14. The number of nitrogens with zero attached hydrogens (tertiary/aromatic N) is 5. The summed E-state index contributed by atoms with van der Waals surface area (Å²) >= 11 is 2.65. The fourth-order valence-electron chi connectivity index (χ4n) is 6.50. The molecule has 3 aromatic rings. The van der Waals surface area contributed by atoms with Crippen molar-refractivity contribution >= 4 is 46.6 Å². The molecule has 3 aliphatic rings. The van der Waals surface area contributed by atoms with Crippen LogP contribution in [0.5, 0.6) is 0 Å². The van der Waals surface area contributed by atoms with E-state index in [9.17, 15) is 29.1 Å². The Morgan fingerprint density at radius 2 is 1.82 bits per heavy atom. The predicted octanol–water partition coefficient (Wildman–Crippen LogP) is 4.01. The Bertz CT molecular complexity index is 1800. The number of alkyl carbamates (subject to hydrolysis) is 1. The normalized spacial score (nSPS) is 26.8. The molecule has 6 rings (SSSR count). The zero-order valence-electron chi connectivity index (χ0n) is 27.5. The lowest BCUT2D eigenvalue weighted by atomic mass is 10.0. The maximum absolute atomic E-state index is 14.4. The van der Waals surface area contributed by atoms with Crippen LogP contribution in [0.25, 0.3) is 21.1 Å². The fourth-order valence-corrected chi connectivity index (χ4v) is 7.85. The molecule has 16 heteroatoms. The van der Waals surface area contributed by atoms with E-state index in [2.05, 4.69) is 25.7 Å². The Morgan fingerprint density at radius 3 is 2.49 bits per heavy atom. The van der Waals surface area contributed by atoms with Crippen molar-refractivity contribution in [2.24, 2.45) is 5.92 Å². The zero-order chi connectivity index (χ0) is 34.9. The number of amides is 3. The SMILES string of the molecule is CC(C)(C)OC(=O)N[C@H]1CCCCC/C=C\[C@@H]2C[C@@]2(C(=O)O)NC(=O)[C@@H]2C[C@@H](n3ncc(-c4nccs4)c(-c4nccs4)c3=O)CN2C1=O. The number of hydrogen-bond acceptors (Lipinski definition) is 11. The van der Waals surface area contributed by atoms with Crippen molar-refractivity contribution in [2.75, 3.05) is 6.54 Å². The maximum Gasteiger partial charge on any atom is 0.408 e. The smallest absolute Gasteiger partial charge is 0.408 e. The fraction of sp³-hybridized carbons (Fsp3) is 0.515. The van der Waals surface area contributed by atoms with E-state index < -0.39 is 58.7 Å². The number of aromatic nitrogens is 4. The molecule has 0 radical (unpaired) electrons. The molecule has 3 N–H and O–H groups in total. The van der Waals surface area contributed by atoms with Gasteiger partial charge < -0.3 is 25.4 Å². The Morgan fingerprint density at radius 1 is 1.08 bits per heavy atom. The van der Waals surface area contributed by atoms with Gasteiger partial charge in [0.25, 0.3) is 5.56 Å². The molecule has 0 spiro atoms. The van der Waals surface area contributed by atoms with Crippen molar-refractivity contribution < 1.29 is 29.0 Å². The number of rotatable bonds is 5. The Labute approximate surface area is 290 Å². The second-order valence-corrected chi connectivity index (χ2v) is 15.4. The van der Waals surface area contributed by atoms with Crippen molar-refractivity contribution in [1.29, 1.82) is 0 Å². The zero-order valence-corrected chi connectivity index (χ0v) is 29.1. The first-order valence-corrected chi connectivity index (χ1v) is 18.1. The maximum atomic E-state index is 14.4. The number of ether oxygens (including phenoxy) is 1. The minimum Gasteiger partial charge on any atom is -0.479 e. The van der Waals surface area contributed by atoms with Gasteiger partial charge in [-0.2, -0.15) is 5.10 Å². The number of carboxylic acid groups (broad SMARTS) is 1. The molecule has 260 valence electrons. The summed E-state index contributed by atoms with van der Waals surface area (Å²) in [4.78, 5) is 78.1. The summed E-state index contributed by atoms with van der Waals surface area (Å²) in [5, 5.41) is 24.8. The molecular weight excluding hydrogens is 671 g/mol. The van der Waals surface area contributed by atoms with Crippen LogP contribution in [0, 0.1) is 5.92 Å². The molecule has 3 amide bonds. The summed E-state index contributed by atoms with van der Waals surface area (Å²) in [5.41, 5.74) is -1.93. The van der Waals surface area contributed by atoms with Crippen molar-refractivity contribution in [3.63, 3.8) is 0 Å². The van der Waals surface area contributed by atoms with Crippen LogP contribution < -0.4 is 16.2 Å². The van der Waals surface area contributed by atoms with E-state index in [0.29, 0.717) is 34.0 Å². The molecule has 2 aliphatic heterocycles. The number of aliphatic carboxylic acids is 1. The summed E-state index contributed by atoms with van der Waals surface area (Å²) in [5.74, 6) is -2.70. The monoisotopic (exact) mass is 709 g/mol. The van der Waals surface area contributed by atoms with Gasteiger partial charge in [0.1, 0.15) is 33.2 Å². The topological polar surface area (TPSA) is 186 Å². The largest absolute Gasteiger partial charge is 0.479 e. The number of carboxylic acids is 1. The Kier molecular flexibility index (Phi) is 9.71. The van der Waals surface area contributed by atoms with Crippen LogP contribution in [0.15, 0.2) is 46.3 Å². The van der Waals surface area contributed by atoms with Gasteiger partial charge in [0.15, 0.2) is 0 Å². The van der Waals surface area contributed by atoms with E-state index in [1.54, 1.807) is 50.1 Å². The van der Waals surface area contributed by atoms with Gasteiger partial charge in [-0.3, -0.25) is 14.4 Å². The number of fused-ring (bicyclic) bond motifs is 2. The van der Waals surface area contributed by atoms with Gasteiger partial charge in [0, 0.05) is 47.6 Å². The number of allylic oxidation sites excluding steroid dienone is 1. The first-order valence-electron chi connectivity index (χ1n) is 16.3.